The van der Waals surface area contributed by atoms with Crippen molar-refractivity contribution >= 4 is 11.8 Å². The molecule has 0 saturated carbocycles. The summed E-state index contributed by atoms with van der Waals surface area (Å²) in [6.45, 7) is 0. The van der Waals surface area contributed by atoms with Crippen molar-refractivity contribution in [1.82, 2.24) is 10.4 Å². The third kappa shape index (κ3) is 4.14. The highest BCUT2D eigenvalue weighted by Crippen LogP contribution is 2.18. The van der Waals surface area contributed by atoms with Crippen molar-refractivity contribution in [2.45, 2.75) is 17.4 Å². The number of pyridine rings is 1. The van der Waals surface area contributed by atoms with Gasteiger partial charge in [0.25, 0.3) is 0 Å². The molecule has 2 rings (SSSR count). The Morgan fingerprint density at radius 2 is 1.89 bits per heavy atom. The number of nitrogens with zero attached hydrogens (tertiary/aromatic N) is 1. The lowest BCUT2D eigenvalue weighted by atomic mass is 10.2. The number of hydrazine groups is 1. The van der Waals surface area contributed by atoms with Crippen LogP contribution in [0.25, 0.3) is 0 Å². The first-order chi connectivity index (χ1) is 8.88. The molecule has 94 valence electrons. The molecule has 0 amide bonds. The summed E-state index contributed by atoms with van der Waals surface area (Å²) in [7, 11) is 0. The molecule has 1 aromatic carbocycles. The summed E-state index contributed by atoms with van der Waals surface area (Å²) in [4.78, 5) is 5.58. The van der Waals surface area contributed by atoms with Crippen molar-refractivity contribution in [2.75, 3.05) is 5.75 Å². The Morgan fingerprint density at radius 3 is 2.56 bits per heavy atom. The SMILES string of the molecule is NNC(CSc1ccccc1)Cc1ccccn1. The second-order valence-corrected chi connectivity index (χ2v) is 5.11. The Labute approximate surface area is 112 Å². The van der Waals surface area contributed by atoms with Crippen LogP contribution in [0.3, 0.4) is 0 Å². The van der Waals surface area contributed by atoms with Crippen LogP contribution < -0.4 is 11.3 Å². The second-order valence-electron chi connectivity index (χ2n) is 4.01. The number of hydrogen-bond donors (Lipinski definition) is 2. The zero-order chi connectivity index (χ0) is 12.6. The second kappa shape index (κ2) is 7.16. The lowest BCUT2D eigenvalue weighted by molar-refractivity contribution is 0.569. The first-order valence-corrected chi connectivity index (χ1v) is 6.91. The zero-order valence-corrected chi connectivity index (χ0v) is 10.9. The number of benzene rings is 1. The average molecular weight is 259 g/mol. The van der Waals surface area contributed by atoms with Gasteiger partial charge in [0.15, 0.2) is 0 Å². The van der Waals surface area contributed by atoms with Gasteiger partial charge in [0.2, 0.25) is 0 Å². The van der Waals surface area contributed by atoms with Crippen LogP contribution in [0.2, 0.25) is 0 Å². The van der Waals surface area contributed by atoms with E-state index < -0.39 is 0 Å². The van der Waals surface area contributed by atoms with Gasteiger partial charge < -0.3 is 0 Å². The van der Waals surface area contributed by atoms with Crippen LogP contribution in [0, 0.1) is 0 Å². The Kier molecular flexibility index (Phi) is 5.20. The maximum atomic E-state index is 5.59. The smallest absolute Gasteiger partial charge is 0.0419 e. The van der Waals surface area contributed by atoms with Gasteiger partial charge in [-0.25, -0.2) is 0 Å². The number of rotatable bonds is 6. The molecule has 0 aliphatic heterocycles. The standard InChI is InChI=1S/C14H17N3S/c15-17-13(10-12-6-4-5-9-16-12)11-18-14-7-2-1-3-8-14/h1-9,13,17H,10-11,15H2. The molecule has 0 aliphatic carbocycles. The van der Waals surface area contributed by atoms with Gasteiger partial charge >= 0.3 is 0 Å². The quantitative estimate of drug-likeness (QED) is 0.474. The van der Waals surface area contributed by atoms with E-state index >= 15 is 0 Å². The van der Waals surface area contributed by atoms with Crippen molar-refractivity contribution in [3.8, 4) is 0 Å². The molecule has 0 fully saturated rings. The first kappa shape index (κ1) is 13.1. The summed E-state index contributed by atoms with van der Waals surface area (Å²) in [6.07, 6.45) is 2.66. The lowest BCUT2D eigenvalue weighted by Gasteiger charge is -2.14. The van der Waals surface area contributed by atoms with E-state index in [2.05, 4.69) is 22.5 Å². The summed E-state index contributed by atoms with van der Waals surface area (Å²) in [5.41, 5.74) is 3.92. The van der Waals surface area contributed by atoms with E-state index in [1.54, 1.807) is 11.8 Å². The molecule has 18 heavy (non-hydrogen) atoms. The molecule has 1 heterocycles. The van der Waals surface area contributed by atoms with E-state index in [0.29, 0.717) is 0 Å². The van der Waals surface area contributed by atoms with Crippen LogP contribution in [0.1, 0.15) is 5.69 Å². The minimum atomic E-state index is 0.227. The van der Waals surface area contributed by atoms with Crippen molar-refractivity contribution in [3.63, 3.8) is 0 Å². The Balaban J connectivity index is 1.86. The van der Waals surface area contributed by atoms with Crippen molar-refractivity contribution in [1.29, 1.82) is 0 Å². The Morgan fingerprint density at radius 1 is 1.11 bits per heavy atom. The topological polar surface area (TPSA) is 50.9 Å². The lowest BCUT2D eigenvalue weighted by Crippen LogP contribution is -2.38. The largest absolute Gasteiger partial charge is 0.271 e. The van der Waals surface area contributed by atoms with Gasteiger partial charge in [-0.1, -0.05) is 24.3 Å². The maximum Gasteiger partial charge on any atom is 0.0419 e. The highest BCUT2D eigenvalue weighted by atomic mass is 32.2. The molecule has 0 radical (unpaired) electrons. The Hall–Kier alpha value is -1.36. The summed E-state index contributed by atoms with van der Waals surface area (Å²) < 4.78 is 0. The molecule has 0 aliphatic rings. The van der Waals surface area contributed by atoms with Gasteiger partial charge in [-0.3, -0.25) is 16.3 Å². The van der Waals surface area contributed by atoms with Gasteiger partial charge in [-0.05, 0) is 24.3 Å². The highest BCUT2D eigenvalue weighted by Gasteiger charge is 2.08. The zero-order valence-electron chi connectivity index (χ0n) is 10.1. The van der Waals surface area contributed by atoms with Gasteiger partial charge in [0.1, 0.15) is 0 Å². The van der Waals surface area contributed by atoms with Gasteiger partial charge in [0.05, 0.1) is 0 Å². The van der Waals surface area contributed by atoms with E-state index in [9.17, 15) is 0 Å². The maximum absolute atomic E-state index is 5.59. The van der Waals surface area contributed by atoms with E-state index in [4.69, 9.17) is 5.84 Å². The third-order valence-corrected chi connectivity index (χ3v) is 3.79. The number of hydrogen-bond acceptors (Lipinski definition) is 4. The normalized spacial score (nSPS) is 12.3. The predicted molar refractivity (Wildman–Crippen MR) is 76.2 cm³/mol. The van der Waals surface area contributed by atoms with E-state index in [-0.39, 0.29) is 6.04 Å². The van der Waals surface area contributed by atoms with Gasteiger partial charge in [-0.15, -0.1) is 11.8 Å². The Bertz CT molecular complexity index is 447. The van der Waals surface area contributed by atoms with Crippen molar-refractivity contribution < 1.29 is 0 Å². The van der Waals surface area contributed by atoms with Crippen LogP contribution in [0.4, 0.5) is 0 Å². The average Bonchev–Trinajstić information content (AvgIpc) is 2.45. The van der Waals surface area contributed by atoms with Crippen LogP contribution >= 0.6 is 11.8 Å². The predicted octanol–water partition coefficient (Wildman–Crippen LogP) is 2.25. The molecule has 1 unspecified atom stereocenters. The summed E-state index contributed by atoms with van der Waals surface area (Å²) in [5, 5.41) is 0. The molecule has 2 aromatic rings. The highest BCUT2D eigenvalue weighted by molar-refractivity contribution is 7.99. The molecule has 1 atom stereocenters. The summed E-state index contributed by atoms with van der Waals surface area (Å²) in [6, 6.07) is 16.5. The molecule has 3 N–H and O–H groups in total. The summed E-state index contributed by atoms with van der Waals surface area (Å²) in [5.74, 6) is 6.52. The number of nitrogens with one attached hydrogen (secondary N) is 1. The van der Waals surface area contributed by atoms with Crippen LogP contribution in [-0.2, 0) is 6.42 Å². The van der Waals surface area contributed by atoms with Gasteiger partial charge in [-0.2, -0.15) is 0 Å². The van der Waals surface area contributed by atoms with Crippen LogP contribution in [0.5, 0.6) is 0 Å². The minimum absolute atomic E-state index is 0.227. The monoisotopic (exact) mass is 259 g/mol. The van der Waals surface area contributed by atoms with Crippen molar-refractivity contribution in [3.05, 3.63) is 60.4 Å². The number of nitrogens with two attached hydrogens (primary N) is 1. The first-order valence-electron chi connectivity index (χ1n) is 5.92. The van der Waals surface area contributed by atoms with E-state index in [1.165, 1.54) is 4.90 Å². The van der Waals surface area contributed by atoms with Crippen molar-refractivity contribution in [2.24, 2.45) is 5.84 Å². The van der Waals surface area contributed by atoms with Crippen LogP contribution in [-0.4, -0.2) is 16.8 Å². The molecule has 0 bridgehead atoms. The molecule has 1 aromatic heterocycles. The third-order valence-electron chi connectivity index (χ3n) is 2.61. The fraction of sp³-hybridized carbons (Fsp3) is 0.214. The fourth-order valence-corrected chi connectivity index (χ4v) is 2.61. The molecule has 0 saturated heterocycles. The molecule has 4 heteroatoms. The number of thioether (sulfide) groups is 1. The van der Waals surface area contributed by atoms with Crippen LogP contribution in [0.15, 0.2) is 59.6 Å². The van der Waals surface area contributed by atoms with E-state index in [0.717, 1.165) is 17.9 Å². The molecular formula is C14H17N3S. The minimum Gasteiger partial charge on any atom is -0.271 e. The molecular weight excluding hydrogens is 242 g/mol. The fourth-order valence-electron chi connectivity index (χ4n) is 1.65. The number of aromatic nitrogens is 1. The van der Waals surface area contributed by atoms with E-state index in [1.807, 2.05) is 42.6 Å². The molecule has 3 nitrogen and oxygen atoms in total. The molecule has 0 spiro atoms. The summed E-state index contributed by atoms with van der Waals surface area (Å²) >= 11 is 1.80. The van der Waals surface area contributed by atoms with Gasteiger partial charge in [0, 0.05) is 35.0 Å².